The fourth-order valence-corrected chi connectivity index (χ4v) is 3.47. The molecule has 1 saturated heterocycles. The SMILES string of the molecule is Cc1ccc(C(CNC(=O)Cc2csc(C)n2)N2CCOCC2)o1. The van der Waals surface area contributed by atoms with Gasteiger partial charge in [-0.25, -0.2) is 4.98 Å². The van der Waals surface area contributed by atoms with Crippen molar-refractivity contribution in [1.82, 2.24) is 15.2 Å². The molecule has 1 atom stereocenters. The van der Waals surface area contributed by atoms with Crippen molar-refractivity contribution in [2.24, 2.45) is 0 Å². The highest BCUT2D eigenvalue weighted by atomic mass is 32.1. The second kappa shape index (κ2) is 7.92. The van der Waals surface area contributed by atoms with Crippen LogP contribution >= 0.6 is 11.3 Å². The number of hydrogen-bond donors (Lipinski definition) is 1. The van der Waals surface area contributed by atoms with Crippen LogP contribution in [0.15, 0.2) is 21.9 Å². The maximum absolute atomic E-state index is 12.2. The molecule has 2 aromatic heterocycles. The lowest BCUT2D eigenvalue weighted by Gasteiger charge is -2.33. The monoisotopic (exact) mass is 349 g/mol. The standard InChI is InChI=1S/C17H23N3O3S/c1-12-3-4-16(23-12)15(20-5-7-22-8-6-20)10-18-17(21)9-14-11-24-13(2)19-14/h3-4,11,15H,5-10H2,1-2H3,(H,18,21). The van der Waals surface area contributed by atoms with E-state index < -0.39 is 0 Å². The molecular weight excluding hydrogens is 326 g/mol. The molecule has 0 bridgehead atoms. The number of amides is 1. The van der Waals surface area contributed by atoms with Gasteiger partial charge in [-0.15, -0.1) is 11.3 Å². The number of morpholine rings is 1. The highest BCUT2D eigenvalue weighted by Crippen LogP contribution is 2.23. The zero-order valence-electron chi connectivity index (χ0n) is 14.1. The van der Waals surface area contributed by atoms with E-state index in [0.29, 0.717) is 26.2 Å². The Morgan fingerprint density at radius 3 is 2.79 bits per heavy atom. The van der Waals surface area contributed by atoms with E-state index in [9.17, 15) is 4.79 Å². The van der Waals surface area contributed by atoms with Crippen LogP contribution in [0.3, 0.4) is 0 Å². The van der Waals surface area contributed by atoms with E-state index in [1.54, 1.807) is 11.3 Å². The third kappa shape index (κ3) is 4.43. The maximum atomic E-state index is 12.2. The number of carbonyl (C=O) groups excluding carboxylic acids is 1. The van der Waals surface area contributed by atoms with Gasteiger partial charge in [0.2, 0.25) is 5.91 Å². The molecule has 1 amide bonds. The van der Waals surface area contributed by atoms with Crippen LogP contribution in [0, 0.1) is 13.8 Å². The number of rotatable bonds is 6. The molecule has 7 heteroatoms. The van der Waals surface area contributed by atoms with Gasteiger partial charge in [-0.3, -0.25) is 9.69 Å². The number of nitrogens with one attached hydrogen (secondary N) is 1. The third-order valence-corrected chi connectivity index (χ3v) is 4.90. The van der Waals surface area contributed by atoms with Gasteiger partial charge in [0, 0.05) is 25.0 Å². The largest absolute Gasteiger partial charge is 0.465 e. The second-order valence-electron chi connectivity index (χ2n) is 5.95. The summed E-state index contributed by atoms with van der Waals surface area (Å²) < 4.78 is 11.2. The molecule has 24 heavy (non-hydrogen) atoms. The minimum atomic E-state index is -0.0122. The van der Waals surface area contributed by atoms with Crippen LogP contribution < -0.4 is 5.32 Å². The highest BCUT2D eigenvalue weighted by Gasteiger charge is 2.25. The number of carbonyl (C=O) groups is 1. The number of ether oxygens (including phenoxy) is 1. The van der Waals surface area contributed by atoms with Crippen LogP contribution in [0.1, 0.15) is 28.3 Å². The molecule has 0 aromatic carbocycles. The van der Waals surface area contributed by atoms with Gasteiger partial charge < -0.3 is 14.5 Å². The normalized spacial score (nSPS) is 16.9. The quantitative estimate of drug-likeness (QED) is 0.865. The smallest absolute Gasteiger partial charge is 0.226 e. The molecule has 130 valence electrons. The van der Waals surface area contributed by atoms with Gasteiger partial charge in [0.05, 0.1) is 36.4 Å². The summed E-state index contributed by atoms with van der Waals surface area (Å²) in [6, 6.07) is 3.98. The summed E-state index contributed by atoms with van der Waals surface area (Å²) in [6.07, 6.45) is 0.317. The first-order valence-electron chi connectivity index (χ1n) is 8.17. The lowest BCUT2D eigenvalue weighted by atomic mass is 10.1. The molecule has 3 rings (SSSR count). The Kier molecular flexibility index (Phi) is 5.65. The van der Waals surface area contributed by atoms with Crippen LogP contribution in [-0.2, 0) is 16.0 Å². The van der Waals surface area contributed by atoms with Crippen molar-refractivity contribution in [2.75, 3.05) is 32.8 Å². The van der Waals surface area contributed by atoms with Gasteiger partial charge in [0.15, 0.2) is 0 Å². The van der Waals surface area contributed by atoms with E-state index in [-0.39, 0.29) is 11.9 Å². The highest BCUT2D eigenvalue weighted by molar-refractivity contribution is 7.09. The predicted molar refractivity (Wildman–Crippen MR) is 92.1 cm³/mol. The Morgan fingerprint density at radius 1 is 1.38 bits per heavy atom. The van der Waals surface area contributed by atoms with Gasteiger partial charge >= 0.3 is 0 Å². The summed E-state index contributed by atoms with van der Waals surface area (Å²) in [5, 5.41) is 5.95. The molecule has 0 saturated carbocycles. The number of hydrogen-bond acceptors (Lipinski definition) is 6. The average molecular weight is 349 g/mol. The van der Waals surface area contributed by atoms with E-state index in [2.05, 4.69) is 15.2 Å². The van der Waals surface area contributed by atoms with Gasteiger partial charge in [-0.05, 0) is 26.0 Å². The summed E-state index contributed by atoms with van der Waals surface area (Å²) in [7, 11) is 0. The Bertz CT molecular complexity index is 676. The van der Waals surface area contributed by atoms with Crippen molar-refractivity contribution >= 4 is 17.2 Å². The molecular formula is C17H23N3O3S. The summed E-state index contributed by atoms with van der Waals surface area (Å²) in [4.78, 5) is 18.9. The molecule has 1 aliphatic rings. The summed E-state index contributed by atoms with van der Waals surface area (Å²) >= 11 is 1.56. The first-order chi connectivity index (χ1) is 11.6. The summed E-state index contributed by atoms with van der Waals surface area (Å²) in [5.74, 6) is 1.76. The van der Waals surface area contributed by atoms with Crippen molar-refractivity contribution in [3.8, 4) is 0 Å². The number of aryl methyl sites for hydroxylation is 2. The Balaban J connectivity index is 1.61. The molecule has 3 heterocycles. The lowest BCUT2D eigenvalue weighted by molar-refractivity contribution is -0.120. The number of nitrogens with zero attached hydrogens (tertiary/aromatic N) is 2. The molecule has 1 N–H and O–H groups in total. The first-order valence-corrected chi connectivity index (χ1v) is 9.05. The molecule has 1 fully saturated rings. The van der Waals surface area contributed by atoms with E-state index in [0.717, 1.165) is 35.3 Å². The Morgan fingerprint density at radius 2 is 2.17 bits per heavy atom. The first kappa shape index (κ1) is 17.1. The van der Waals surface area contributed by atoms with E-state index in [1.165, 1.54) is 0 Å². The fraction of sp³-hybridized carbons (Fsp3) is 0.529. The van der Waals surface area contributed by atoms with Crippen LogP contribution in [-0.4, -0.2) is 48.6 Å². The minimum Gasteiger partial charge on any atom is -0.465 e. The number of furan rings is 1. The zero-order valence-corrected chi connectivity index (χ0v) is 14.9. The number of aromatic nitrogens is 1. The van der Waals surface area contributed by atoms with Crippen LogP contribution in [0.4, 0.5) is 0 Å². The van der Waals surface area contributed by atoms with E-state index in [4.69, 9.17) is 9.15 Å². The van der Waals surface area contributed by atoms with Crippen LogP contribution in [0.5, 0.6) is 0 Å². The van der Waals surface area contributed by atoms with Crippen molar-refractivity contribution in [3.05, 3.63) is 39.7 Å². The predicted octanol–water partition coefficient (Wildman–Crippen LogP) is 2.09. The lowest BCUT2D eigenvalue weighted by Crippen LogP contribution is -2.44. The average Bonchev–Trinajstić information content (AvgIpc) is 3.17. The third-order valence-electron chi connectivity index (χ3n) is 4.08. The van der Waals surface area contributed by atoms with Gasteiger partial charge in [0.25, 0.3) is 0 Å². The van der Waals surface area contributed by atoms with Gasteiger partial charge in [-0.1, -0.05) is 0 Å². The van der Waals surface area contributed by atoms with Crippen molar-refractivity contribution in [2.45, 2.75) is 26.3 Å². The molecule has 1 aliphatic heterocycles. The molecule has 0 radical (unpaired) electrons. The minimum absolute atomic E-state index is 0.0122. The summed E-state index contributed by atoms with van der Waals surface area (Å²) in [5.41, 5.74) is 0.826. The van der Waals surface area contributed by atoms with Crippen molar-refractivity contribution in [3.63, 3.8) is 0 Å². The van der Waals surface area contributed by atoms with Crippen molar-refractivity contribution < 1.29 is 13.9 Å². The Hall–Kier alpha value is -1.70. The van der Waals surface area contributed by atoms with Gasteiger partial charge in [0.1, 0.15) is 11.5 Å². The van der Waals surface area contributed by atoms with Crippen LogP contribution in [0.25, 0.3) is 0 Å². The maximum Gasteiger partial charge on any atom is 0.226 e. The summed E-state index contributed by atoms with van der Waals surface area (Å²) in [6.45, 7) is 7.50. The van der Waals surface area contributed by atoms with Gasteiger partial charge in [-0.2, -0.15) is 0 Å². The fourth-order valence-electron chi connectivity index (χ4n) is 2.86. The zero-order chi connectivity index (χ0) is 16.9. The molecule has 0 aliphatic carbocycles. The molecule has 1 unspecified atom stereocenters. The second-order valence-corrected chi connectivity index (χ2v) is 7.01. The number of thiazole rings is 1. The molecule has 0 spiro atoms. The molecule has 6 nitrogen and oxygen atoms in total. The van der Waals surface area contributed by atoms with Crippen molar-refractivity contribution in [1.29, 1.82) is 0 Å². The van der Waals surface area contributed by atoms with Crippen LogP contribution in [0.2, 0.25) is 0 Å². The molecule has 2 aromatic rings. The Labute approximate surface area is 145 Å². The van der Waals surface area contributed by atoms with E-state index in [1.807, 2.05) is 31.4 Å². The van der Waals surface area contributed by atoms with E-state index >= 15 is 0 Å². The topological polar surface area (TPSA) is 67.6 Å².